The molecule has 13 heteroatoms. The molecule has 0 unspecified atom stereocenters. The van der Waals surface area contributed by atoms with Crippen LogP contribution in [0.1, 0.15) is 38.4 Å². The molecular weight excluding hydrogens is 461 g/mol. The molecule has 0 bridgehead atoms. The summed E-state index contributed by atoms with van der Waals surface area (Å²) in [6.45, 7) is 5.02. The van der Waals surface area contributed by atoms with Crippen molar-refractivity contribution in [3.8, 4) is 5.95 Å². The third kappa shape index (κ3) is 3.97. The monoisotopic (exact) mass is 480 g/mol. The maximum absolute atomic E-state index is 14.0. The molecule has 1 aliphatic heterocycles. The molecule has 0 spiro atoms. The minimum absolute atomic E-state index is 0.00770. The Balaban J connectivity index is 1.86. The Morgan fingerprint density at radius 2 is 1.91 bits per heavy atom. The zero-order valence-corrected chi connectivity index (χ0v) is 18.5. The number of rotatable bonds is 4. The normalized spacial score (nSPS) is 23.2. The number of nitrogens with one attached hydrogen (secondary N) is 2. The standard InChI is InChI=1S/C20H19F3N6O3S/c1-9-7-10(2)25-17(24-9)29-8-12(11(3)28-29)15-14(16(30)13-5-4-6-33-13)19(32,20(21,22)23)27-18(31)26-15/h4-8,14-15,32H,1-3H3,(H2,26,27,31)/t14-,15+,19-/m1/s1. The molecule has 9 nitrogen and oxygen atoms in total. The Bertz CT molecular complexity index is 1210. The number of halogens is 3. The lowest BCUT2D eigenvalue weighted by Crippen LogP contribution is -2.72. The maximum atomic E-state index is 14.0. The molecule has 3 N–H and O–H groups in total. The summed E-state index contributed by atoms with van der Waals surface area (Å²) in [4.78, 5) is 34.0. The van der Waals surface area contributed by atoms with Crippen LogP contribution in [0.3, 0.4) is 0 Å². The minimum atomic E-state index is -5.33. The van der Waals surface area contributed by atoms with Crippen LogP contribution in [0, 0.1) is 26.7 Å². The molecule has 3 atom stereocenters. The first kappa shape index (κ1) is 22.9. The Labute approximate surface area is 189 Å². The van der Waals surface area contributed by atoms with Gasteiger partial charge in [-0.2, -0.15) is 18.3 Å². The second-order valence-electron chi connectivity index (χ2n) is 7.72. The molecule has 2 amide bonds. The fourth-order valence-corrected chi connectivity index (χ4v) is 4.57. The van der Waals surface area contributed by atoms with Gasteiger partial charge in [-0.3, -0.25) is 4.79 Å². The van der Waals surface area contributed by atoms with Gasteiger partial charge < -0.3 is 15.7 Å². The Hall–Kier alpha value is -3.32. The highest BCUT2D eigenvalue weighted by Crippen LogP contribution is 2.44. The Kier molecular flexibility index (Phi) is 5.48. The van der Waals surface area contributed by atoms with Gasteiger partial charge in [0.15, 0.2) is 5.78 Å². The number of amides is 2. The van der Waals surface area contributed by atoms with Crippen LogP contribution in [0.15, 0.2) is 29.8 Å². The summed E-state index contributed by atoms with van der Waals surface area (Å²) in [5, 5.41) is 20.3. The maximum Gasteiger partial charge on any atom is 0.437 e. The number of hydrogen-bond acceptors (Lipinski definition) is 7. The number of nitrogens with zero attached hydrogens (tertiary/aromatic N) is 4. The second-order valence-corrected chi connectivity index (χ2v) is 8.67. The van der Waals surface area contributed by atoms with E-state index in [1.807, 2.05) is 0 Å². The Morgan fingerprint density at radius 1 is 1.24 bits per heavy atom. The van der Waals surface area contributed by atoms with Gasteiger partial charge in [-0.25, -0.2) is 19.4 Å². The third-order valence-electron chi connectivity index (χ3n) is 5.30. The number of alkyl halides is 3. The molecule has 3 aromatic heterocycles. The molecule has 1 saturated heterocycles. The van der Waals surface area contributed by atoms with Gasteiger partial charge in [0.1, 0.15) is 5.92 Å². The fourth-order valence-electron chi connectivity index (χ4n) is 3.86. The van der Waals surface area contributed by atoms with Crippen LogP contribution >= 0.6 is 11.3 Å². The predicted octanol–water partition coefficient (Wildman–Crippen LogP) is 2.75. The number of aromatic nitrogens is 4. The summed E-state index contributed by atoms with van der Waals surface area (Å²) in [6, 6.07) is 1.81. The summed E-state index contributed by atoms with van der Waals surface area (Å²) in [7, 11) is 0. The largest absolute Gasteiger partial charge is 0.437 e. The lowest BCUT2D eigenvalue weighted by molar-refractivity contribution is -0.287. The van der Waals surface area contributed by atoms with E-state index < -0.39 is 35.7 Å². The summed E-state index contributed by atoms with van der Waals surface area (Å²) in [6.07, 6.45) is -3.98. The first-order valence-corrected chi connectivity index (χ1v) is 10.6. The highest BCUT2D eigenvalue weighted by Gasteiger charge is 2.66. The van der Waals surface area contributed by atoms with E-state index in [0.717, 1.165) is 11.3 Å². The van der Waals surface area contributed by atoms with Gasteiger partial charge in [0, 0.05) is 23.1 Å². The molecule has 33 heavy (non-hydrogen) atoms. The molecule has 174 valence electrons. The van der Waals surface area contributed by atoms with Gasteiger partial charge in [-0.05, 0) is 38.3 Å². The smallest absolute Gasteiger partial charge is 0.363 e. The van der Waals surface area contributed by atoms with Crippen molar-refractivity contribution in [2.75, 3.05) is 0 Å². The average molecular weight is 480 g/mol. The number of thiophene rings is 1. The van der Waals surface area contributed by atoms with Crippen LogP contribution in [0.2, 0.25) is 0 Å². The van der Waals surface area contributed by atoms with Crippen LogP contribution in [0.5, 0.6) is 0 Å². The van der Waals surface area contributed by atoms with Gasteiger partial charge in [0.05, 0.1) is 16.6 Å². The lowest BCUT2D eigenvalue weighted by atomic mass is 9.79. The van der Waals surface area contributed by atoms with Crippen molar-refractivity contribution in [3.63, 3.8) is 0 Å². The van der Waals surface area contributed by atoms with Crippen molar-refractivity contribution in [2.24, 2.45) is 5.92 Å². The minimum Gasteiger partial charge on any atom is -0.363 e. The van der Waals surface area contributed by atoms with E-state index in [4.69, 9.17) is 0 Å². The van der Waals surface area contributed by atoms with E-state index >= 15 is 0 Å². The van der Waals surface area contributed by atoms with Crippen LogP contribution in [-0.4, -0.2) is 48.6 Å². The topological polar surface area (TPSA) is 122 Å². The number of aryl methyl sites for hydroxylation is 3. The molecule has 4 heterocycles. The van der Waals surface area contributed by atoms with Gasteiger partial charge >= 0.3 is 12.2 Å². The summed E-state index contributed by atoms with van der Waals surface area (Å²) >= 11 is 0.934. The SMILES string of the molecule is Cc1cc(C)nc(-n2cc([C@@H]3NC(=O)N[C@](O)(C(F)(F)F)[C@H]3C(=O)c3cccs3)c(C)n2)n1. The summed E-state index contributed by atoms with van der Waals surface area (Å²) < 4.78 is 43.3. The van der Waals surface area contributed by atoms with E-state index in [-0.39, 0.29) is 22.1 Å². The van der Waals surface area contributed by atoms with E-state index in [9.17, 15) is 27.9 Å². The molecule has 1 aliphatic rings. The molecule has 1 fully saturated rings. The van der Waals surface area contributed by atoms with Crippen molar-refractivity contribution >= 4 is 23.2 Å². The molecule has 4 rings (SSSR count). The van der Waals surface area contributed by atoms with Crippen molar-refractivity contribution in [3.05, 3.63) is 57.3 Å². The first-order chi connectivity index (χ1) is 15.4. The second kappa shape index (κ2) is 7.92. The average Bonchev–Trinajstić information content (AvgIpc) is 3.35. The molecule has 3 aromatic rings. The van der Waals surface area contributed by atoms with E-state index in [1.165, 1.54) is 40.6 Å². The van der Waals surface area contributed by atoms with Gasteiger partial charge in [-0.1, -0.05) is 6.07 Å². The fraction of sp³-hybridized carbons (Fsp3) is 0.350. The van der Waals surface area contributed by atoms with E-state index in [1.54, 1.807) is 19.9 Å². The van der Waals surface area contributed by atoms with Crippen molar-refractivity contribution < 1.29 is 27.9 Å². The van der Waals surface area contributed by atoms with Crippen LogP contribution in [0.4, 0.5) is 18.0 Å². The highest BCUT2D eigenvalue weighted by atomic mass is 32.1. The highest BCUT2D eigenvalue weighted by molar-refractivity contribution is 7.12. The number of aliphatic hydroxyl groups is 1. The zero-order chi connectivity index (χ0) is 24.1. The third-order valence-corrected chi connectivity index (χ3v) is 6.18. The number of hydrogen-bond donors (Lipinski definition) is 3. The van der Waals surface area contributed by atoms with Crippen molar-refractivity contribution in [1.82, 2.24) is 30.4 Å². The Morgan fingerprint density at radius 3 is 2.48 bits per heavy atom. The summed E-state index contributed by atoms with van der Waals surface area (Å²) in [5.74, 6) is -2.92. The van der Waals surface area contributed by atoms with Gasteiger partial charge in [0.2, 0.25) is 5.72 Å². The lowest BCUT2D eigenvalue weighted by Gasteiger charge is -2.44. The van der Waals surface area contributed by atoms with E-state index in [2.05, 4.69) is 20.4 Å². The number of ketones is 1. The van der Waals surface area contributed by atoms with Gasteiger partial charge in [-0.15, -0.1) is 11.3 Å². The van der Waals surface area contributed by atoms with E-state index in [0.29, 0.717) is 11.4 Å². The number of carbonyl (C=O) groups is 2. The van der Waals surface area contributed by atoms with Crippen LogP contribution in [0.25, 0.3) is 5.95 Å². The zero-order valence-electron chi connectivity index (χ0n) is 17.6. The van der Waals surface area contributed by atoms with Gasteiger partial charge in [0.25, 0.3) is 5.95 Å². The quantitative estimate of drug-likeness (QED) is 0.494. The predicted molar refractivity (Wildman–Crippen MR) is 111 cm³/mol. The molecule has 0 aromatic carbocycles. The molecule has 0 saturated carbocycles. The van der Waals surface area contributed by atoms with Crippen molar-refractivity contribution in [2.45, 2.75) is 38.7 Å². The van der Waals surface area contributed by atoms with Crippen LogP contribution in [-0.2, 0) is 0 Å². The number of Topliss-reactive ketones (excluding diaryl/α,β-unsaturated/α-hetero) is 1. The molecule has 0 aliphatic carbocycles. The summed E-state index contributed by atoms with van der Waals surface area (Å²) in [5.41, 5.74) is -2.14. The first-order valence-electron chi connectivity index (χ1n) is 9.75. The van der Waals surface area contributed by atoms with Crippen molar-refractivity contribution in [1.29, 1.82) is 0 Å². The molecule has 0 radical (unpaired) electrons. The van der Waals surface area contributed by atoms with Crippen LogP contribution < -0.4 is 10.6 Å². The molecular formula is C20H19F3N6O3S. The number of urea groups is 1. The number of carbonyl (C=O) groups excluding carboxylic acids is 2.